The van der Waals surface area contributed by atoms with Crippen LogP contribution in [-0.4, -0.2) is 14.5 Å². The van der Waals surface area contributed by atoms with Crippen molar-refractivity contribution in [3.63, 3.8) is 0 Å². The minimum absolute atomic E-state index is 0.927. The molecule has 9 rings (SSSR count). The Hall–Kier alpha value is -6.32. The van der Waals surface area contributed by atoms with E-state index in [1.165, 1.54) is 43.8 Å². The van der Waals surface area contributed by atoms with Gasteiger partial charge < -0.3 is 0 Å². The summed E-state index contributed by atoms with van der Waals surface area (Å²) in [5.74, 6) is 0.927. The summed E-state index contributed by atoms with van der Waals surface area (Å²) < 4.78 is 2.27. The number of benzene rings is 7. The molecule has 0 saturated heterocycles. The molecule has 0 radical (unpaired) electrons. The van der Waals surface area contributed by atoms with Gasteiger partial charge in [0.1, 0.15) is 5.82 Å². The molecule has 0 aliphatic heterocycles. The van der Waals surface area contributed by atoms with Crippen LogP contribution in [0, 0.1) is 0 Å². The van der Waals surface area contributed by atoms with Gasteiger partial charge in [0.25, 0.3) is 0 Å². The SMILES string of the molecule is c1ccc(-n2c(-c3cccc(-c4c5ccccc5c(-c5ccccc5-c5ccncc5)c5ccccc45)c3)nc3ccccc32)cc1. The lowest BCUT2D eigenvalue weighted by atomic mass is 9.84. The summed E-state index contributed by atoms with van der Waals surface area (Å²) >= 11 is 0. The molecule has 47 heavy (non-hydrogen) atoms. The number of nitrogens with zero attached hydrogens (tertiary/aromatic N) is 3. The van der Waals surface area contributed by atoms with Gasteiger partial charge in [-0.25, -0.2) is 4.98 Å². The van der Waals surface area contributed by atoms with Crippen molar-refractivity contribution in [3.8, 4) is 50.5 Å². The van der Waals surface area contributed by atoms with Gasteiger partial charge in [-0.3, -0.25) is 9.55 Å². The van der Waals surface area contributed by atoms with Crippen LogP contribution in [0.2, 0.25) is 0 Å². The van der Waals surface area contributed by atoms with E-state index in [1.54, 1.807) is 0 Å². The molecule has 0 aliphatic rings. The second-order valence-electron chi connectivity index (χ2n) is 11.8. The monoisotopic (exact) mass is 599 g/mol. The lowest BCUT2D eigenvalue weighted by Gasteiger charge is -2.20. The molecule has 220 valence electrons. The third-order valence-corrected chi connectivity index (χ3v) is 9.10. The number of pyridine rings is 1. The Morgan fingerprint density at radius 1 is 0.404 bits per heavy atom. The Kier molecular flexibility index (Phi) is 6.46. The first-order valence-corrected chi connectivity index (χ1v) is 15.9. The zero-order valence-corrected chi connectivity index (χ0v) is 25.6. The Morgan fingerprint density at radius 2 is 0.979 bits per heavy atom. The Balaban J connectivity index is 1.31. The van der Waals surface area contributed by atoms with Crippen molar-refractivity contribution in [2.24, 2.45) is 0 Å². The van der Waals surface area contributed by atoms with Crippen molar-refractivity contribution in [3.05, 3.63) is 176 Å². The first kappa shape index (κ1) is 27.0. The Bertz CT molecular complexity index is 2510. The van der Waals surface area contributed by atoms with Crippen LogP contribution in [0.3, 0.4) is 0 Å². The summed E-state index contributed by atoms with van der Waals surface area (Å²) in [6.07, 6.45) is 3.73. The maximum Gasteiger partial charge on any atom is 0.145 e. The molecule has 0 aliphatic carbocycles. The predicted octanol–water partition coefficient (Wildman–Crippen LogP) is 11.4. The summed E-state index contributed by atoms with van der Waals surface area (Å²) in [5.41, 5.74) is 11.4. The smallest absolute Gasteiger partial charge is 0.145 e. The molecule has 7 aromatic carbocycles. The van der Waals surface area contributed by atoms with E-state index < -0.39 is 0 Å². The average Bonchev–Trinajstić information content (AvgIpc) is 3.54. The summed E-state index contributed by atoms with van der Waals surface area (Å²) in [7, 11) is 0. The summed E-state index contributed by atoms with van der Waals surface area (Å²) in [6.45, 7) is 0. The van der Waals surface area contributed by atoms with E-state index in [1.807, 2.05) is 12.4 Å². The van der Waals surface area contributed by atoms with Crippen molar-refractivity contribution in [2.45, 2.75) is 0 Å². The molecule has 0 saturated carbocycles. The highest BCUT2D eigenvalue weighted by molar-refractivity contribution is 6.22. The highest BCUT2D eigenvalue weighted by Gasteiger charge is 2.20. The number of fused-ring (bicyclic) bond motifs is 3. The quantitative estimate of drug-likeness (QED) is 0.184. The lowest BCUT2D eigenvalue weighted by Crippen LogP contribution is -1.97. The van der Waals surface area contributed by atoms with Crippen LogP contribution in [0.25, 0.3) is 83.0 Å². The molecule has 3 heteroatoms. The van der Waals surface area contributed by atoms with E-state index in [9.17, 15) is 0 Å². The largest absolute Gasteiger partial charge is 0.292 e. The van der Waals surface area contributed by atoms with Crippen molar-refractivity contribution in [2.75, 3.05) is 0 Å². The zero-order valence-electron chi connectivity index (χ0n) is 25.6. The summed E-state index contributed by atoms with van der Waals surface area (Å²) in [4.78, 5) is 9.45. The first-order chi connectivity index (χ1) is 23.3. The molecule has 0 spiro atoms. The summed E-state index contributed by atoms with van der Waals surface area (Å²) in [6, 6.07) is 58.3. The molecule has 2 heterocycles. The maximum absolute atomic E-state index is 5.17. The van der Waals surface area contributed by atoms with Crippen molar-refractivity contribution >= 4 is 32.6 Å². The molecular formula is C44H29N3. The fourth-order valence-corrected chi connectivity index (χ4v) is 7.09. The number of imidazole rings is 1. The van der Waals surface area contributed by atoms with E-state index in [2.05, 4.69) is 173 Å². The molecule has 0 unspecified atom stereocenters. The third kappa shape index (κ3) is 4.52. The minimum Gasteiger partial charge on any atom is -0.292 e. The first-order valence-electron chi connectivity index (χ1n) is 15.9. The van der Waals surface area contributed by atoms with Gasteiger partial charge in [0.05, 0.1) is 11.0 Å². The van der Waals surface area contributed by atoms with Gasteiger partial charge in [0.15, 0.2) is 0 Å². The highest BCUT2D eigenvalue weighted by Crippen LogP contribution is 2.46. The highest BCUT2D eigenvalue weighted by atomic mass is 15.1. The van der Waals surface area contributed by atoms with Crippen LogP contribution in [-0.2, 0) is 0 Å². The van der Waals surface area contributed by atoms with Gasteiger partial charge in [-0.15, -0.1) is 0 Å². The fourth-order valence-electron chi connectivity index (χ4n) is 7.09. The predicted molar refractivity (Wildman–Crippen MR) is 196 cm³/mol. The number of hydrogen-bond donors (Lipinski definition) is 0. The zero-order chi connectivity index (χ0) is 31.2. The second-order valence-corrected chi connectivity index (χ2v) is 11.8. The number of para-hydroxylation sites is 3. The molecule has 3 nitrogen and oxygen atoms in total. The van der Waals surface area contributed by atoms with Crippen LogP contribution in [0.15, 0.2) is 176 Å². The fraction of sp³-hybridized carbons (Fsp3) is 0. The molecule has 0 N–H and O–H groups in total. The normalized spacial score (nSPS) is 11.4. The van der Waals surface area contributed by atoms with Gasteiger partial charge in [0.2, 0.25) is 0 Å². The van der Waals surface area contributed by atoms with Crippen LogP contribution in [0.1, 0.15) is 0 Å². The second kappa shape index (κ2) is 11.2. The molecule has 2 aromatic heterocycles. The van der Waals surface area contributed by atoms with Crippen molar-refractivity contribution in [1.82, 2.24) is 14.5 Å². The minimum atomic E-state index is 0.927. The Morgan fingerprint density at radius 3 is 1.70 bits per heavy atom. The van der Waals surface area contributed by atoms with E-state index >= 15 is 0 Å². The average molecular weight is 600 g/mol. The van der Waals surface area contributed by atoms with Crippen LogP contribution < -0.4 is 0 Å². The maximum atomic E-state index is 5.17. The third-order valence-electron chi connectivity index (χ3n) is 9.10. The van der Waals surface area contributed by atoms with Gasteiger partial charge in [-0.2, -0.15) is 0 Å². The van der Waals surface area contributed by atoms with Crippen molar-refractivity contribution < 1.29 is 0 Å². The Labute approximate surface area is 273 Å². The van der Waals surface area contributed by atoms with E-state index in [0.29, 0.717) is 0 Å². The molecule has 0 bridgehead atoms. The standard InChI is InChI=1S/C44H29N3/c1-2-15-33(16-3-1)47-41-24-11-10-23-40(41)46-44(47)32-14-12-13-31(29-32)42-36-19-6-8-21-38(36)43(39-22-9-7-20-37(39)42)35-18-5-4-17-34(35)30-25-27-45-28-26-30/h1-29H. The van der Waals surface area contributed by atoms with Gasteiger partial charge >= 0.3 is 0 Å². The van der Waals surface area contributed by atoms with Crippen LogP contribution >= 0.6 is 0 Å². The number of hydrogen-bond acceptors (Lipinski definition) is 2. The molecule has 0 amide bonds. The van der Waals surface area contributed by atoms with E-state index in [-0.39, 0.29) is 0 Å². The lowest BCUT2D eigenvalue weighted by molar-refractivity contribution is 1.10. The number of aromatic nitrogens is 3. The van der Waals surface area contributed by atoms with E-state index in [4.69, 9.17) is 4.98 Å². The van der Waals surface area contributed by atoms with E-state index in [0.717, 1.165) is 39.2 Å². The van der Waals surface area contributed by atoms with Gasteiger partial charge in [0, 0.05) is 23.6 Å². The molecule has 0 atom stereocenters. The van der Waals surface area contributed by atoms with Crippen LogP contribution in [0.4, 0.5) is 0 Å². The van der Waals surface area contributed by atoms with Crippen LogP contribution in [0.5, 0.6) is 0 Å². The van der Waals surface area contributed by atoms with Crippen molar-refractivity contribution in [1.29, 1.82) is 0 Å². The topological polar surface area (TPSA) is 30.7 Å². The number of rotatable bonds is 5. The van der Waals surface area contributed by atoms with Gasteiger partial charge in [-0.05, 0) is 97.4 Å². The molecular weight excluding hydrogens is 571 g/mol. The summed E-state index contributed by atoms with van der Waals surface area (Å²) in [5, 5.41) is 4.90. The van der Waals surface area contributed by atoms with Gasteiger partial charge in [-0.1, -0.05) is 121 Å². The molecule has 0 fully saturated rings. The molecule has 9 aromatic rings.